The Morgan fingerprint density at radius 2 is 1.67 bits per heavy atom. The fourth-order valence-electron chi connectivity index (χ4n) is 4.95. The fraction of sp³-hybridized carbons (Fsp3) is 0.367. The van der Waals surface area contributed by atoms with E-state index < -0.39 is 5.82 Å². The van der Waals surface area contributed by atoms with E-state index in [9.17, 15) is 4.39 Å². The molecule has 3 aromatic rings. The lowest BCUT2D eigenvalue weighted by Crippen LogP contribution is -2.13. The molecule has 0 saturated heterocycles. The second-order valence-electron chi connectivity index (χ2n) is 9.18. The summed E-state index contributed by atoms with van der Waals surface area (Å²) < 4.78 is 28.9. The van der Waals surface area contributed by atoms with Gasteiger partial charge in [-0.15, -0.1) is 0 Å². The molecular formula is C30H29F2N. The Morgan fingerprint density at radius 3 is 2.39 bits per heavy atom. The van der Waals surface area contributed by atoms with Crippen molar-refractivity contribution >= 4 is 10.8 Å². The summed E-state index contributed by atoms with van der Waals surface area (Å²) in [7, 11) is 0. The van der Waals surface area contributed by atoms with Crippen molar-refractivity contribution in [2.75, 3.05) is 0 Å². The van der Waals surface area contributed by atoms with E-state index in [2.05, 4.69) is 30.9 Å². The summed E-state index contributed by atoms with van der Waals surface area (Å²) in [6, 6.07) is 15.6. The van der Waals surface area contributed by atoms with Crippen molar-refractivity contribution in [2.45, 2.75) is 64.2 Å². The molecule has 0 spiro atoms. The number of rotatable bonds is 5. The molecule has 1 aliphatic carbocycles. The molecule has 0 unspecified atom stereocenters. The Morgan fingerprint density at radius 1 is 0.879 bits per heavy atom. The first-order valence-corrected chi connectivity index (χ1v) is 12.0. The summed E-state index contributed by atoms with van der Waals surface area (Å²) in [6.07, 6.45) is 10.4. The quantitative estimate of drug-likeness (QED) is 0.289. The predicted octanol–water partition coefficient (Wildman–Crippen LogP) is 8.24. The van der Waals surface area contributed by atoms with Gasteiger partial charge in [0.1, 0.15) is 17.7 Å². The lowest BCUT2D eigenvalue weighted by Gasteiger charge is -2.29. The number of benzene rings is 3. The average Bonchev–Trinajstić information content (AvgIpc) is 2.84. The smallest absolute Gasteiger partial charge is 0.146 e. The van der Waals surface area contributed by atoms with E-state index in [1.807, 2.05) is 12.1 Å². The van der Waals surface area contributed by atoms with Crippen LogP contribution in [0.2, 0.25) is 0 Å². The molecule has 0 amide bonds. The maximum Gasteiger partial charge on any atom is 0.146 e. The van der Waals surface area contributed by atoms with Crippen molar-refractivity contribution in [2.24, 2.45) is 5.92 Å². The zero-order valence-corrected chi connectivity index (χ0v) is 19.1. The van der Waals surface area contributed by atoms with Crippen molar-refractivity contribution in [3.8, 4) is 17.9 Å². The second-order valence-corrected chi connectivity index (χ2v) is 9.18. The minimum Gasteiger partial charge on any atom is -0.206 e. The van der Waals surface area contributed by atoms with E-state index >= 15 is 4.39 Å². The Kier molecular flexibility index (Phi) is 7.41. The highest BCUT2D eigenvalue weighted by Gasteiger charge is 2.22. The van der Waals surface area contributed by atoms with Gasteiger partial charge >= 0.3 is 0 Å². The summed E-state index contributed by atoms with van der Waals surface area (Å²) in [5.74, 6) is 6.09. The first kappa shape index (κ1) is 23.0. The van der Waals surface area contributed by atoms with E-state index in [0.717, 1.165) is 11.3 Å². The molecular weight excluding hydrogens is 412 g/mol. The van der Waals surface area contributed by atoms with E-state index in [-0.39, 0.29) is 16.9 Å². The maximum atomic E-state index is 15.1. The Hall–Kier alpha value is -3.17. The van der Waals surface area contributed by atoms with Crippen molar-refractivity contribution in [3.63, 3.8) is 0 Å². The molecule has 0 radical (unpaired) electrons. The molecule has 0 atom stereocenters. The Labute approximate surface area is 195 Å². The molecule has 0 bridgehead atoms. The number of fused-ring (bicyclic) bond motifs is 1. The highest BCUT2D eigenvalue weighted by atomic mass is 19.1. The molecule has 0 N–H and O–H groups in total. The zero-order valence-electron chi connectivity index (χ0n) is 19.1. The van der Waals surface area contributed by atoms with Gasteiger partial charge < -0.3 is 0 Å². The van der Waals surface area contributed by atoms with E-state index in [0.29, 0.717) is 16.9 Å². The molecule has 33 heavy (non-hydrogen) atoms. The van der Waals surface area contributed by atoms with Gasteiger partial charge in [0, 0.05) is 10.9 Å². The summed E-state index contributed by atoms with van der Waals surface area (Å²) in [6.45, 7) is 2.26. The third kappa shape index (κ3) is 5.43. The molecule has 0 aliphatic heterocycles. The Balaban J connectivity index is 1.48. The number of nitrogens with zero attached hydrogens (tertiary/aromatic N) is 1. The standard InChI is InChI=1S/C30H29F2N/c1-2-3-4-5-21-6-10-23(11-7-21)25-16-17-28-26(19-25)15-14-24(30(28)32)12-8-22-9-13-27(20-33)29(31)18-22/h9,13-19,21,23H,2-7,10-11H2,1H3. The SMILES string of the molecule is CCCCCC1CCC(c2ccc3c(F)c(C#Cc4ccc(C#N)c(F)c4)ccc3c2)CC1. The van der Waals surface area contributed by atoms with Crippen LogP contribution in [0.4, 0.5) is 8.78 Å². The first-order valence-electron chi connectivity index (χ1n) is 12.0. The molecule has 1 saturated carbocycles. The van der Waals surface area contributed by atoms with Gasteiger partial charge in [-0.25, -0.2) is 8.78 Å². The monoisotopic (exact) mass is 441 g/mol. The van der Waals surface area contributed by atoms with E-state index in [1.165, 1.54) is 69.1 Å². The van der Waals surface area contributed by atoms with Crippen LogP contribution in [0.25, 0.3) is 10.8 Å². The van der Waals surface area contributed by atoms with E-state index in [1.54, 1.807) is 18.2 Å². The Bertz CT molecular complexity index is 1230. The van der Waals surface area contributed by atoms with Crippen molar-refractivity contribution in [1.82, 2.24) is 0 Å². The maximum absolute atomic E-state index is 15.1. The number of halogens is 2. The lowest BCUT2D eigenvalue weighted by atomic mass is 9.77. The van der Waals surface area contributed by atoms with Crippen LogP contribution < -0.4 is 0 Å². The van der Waals surface area contributed by atoms with Gasteiger partial charge in [-0.3, -0.25) is 0 Å². The van der Waals surface area contributed by atoms with Crippen LogP contribution in [0.1, 0.15) is 86.5 Å². The third-order valence-electron chi connectivity index (χ3n) is 6.94. The zero-order chi connectivity index (χ0) is 23.2. The molecule has 3 aromatic carbocycles. The first-order chi connectivity index (χ1) is 16.1. The van der Waals surface area contributed by atoms with Crippen molar-refractivity contribution < 1.29 is 8.78 Å². The van der Waals surface area contributed by atoms with Gasteiger partial charge in [0.25, 0.3) is 0 Å². The van der Waals surface area contributed by atoms with Gasteiger partial charge in [0.05, 0.1) is 11.1 Å². The van der Waals surface area contributed by atoms with Crippen molar-refractivity contribution in [3.05, 3.63) is 82.4 Å². The second kappa shape index (κ2) is 10.6. The topological polar surface area (TPSA) is 23.8 Å². The largest absolute Gasteiger partial charge is 0.206 e. The molecule has 1 nitrogen and oxygen atoms in total. The summed E-state index contributed by atoms with van der Waals surface area (Å²) >= 11 is 0. The fourth-order valence-corrected chi connectivity index (χ4v) is 4.95. The number of hydrogen-bond acceptors (Lipinski definition) is 1. The van der Waals surface area contributed by atoms with Crippen LogP contribution in [0, 0.1) is 40.7 Å². The molecule has 3 heteroatoms. The van der Waals surface area contributed by atoms with Gasteiger partial charge in [-0.2, -0.15) is 5.26 Å². The van der Waals surface area contributed by atoms with Gasteiger partial charge in [0.15, 0.2) is 0 Å². The number of nitriles is 1. The molecule has 1 fully saturated rings. The predicted molar refractivity (Wildman–Crippen MR) is 130 cm³/mol. The van der Waals surface area contributed by atoms with Crippen LogP contribution in [0.5, 0.6) is 0 Å². The van der Waals surface area contributed by atoms with Crippen LogP contribution in [0.15, 0.2) is 48.5 Å². The molecule has 0 aromatic heterocycles. The summed E-state index contributed by atoms with van der Waals surface area (Å²) in [4.78, 5) is 0. The van der Waals surface area contributed by atoms with Gasteiger partial charge in [-0.05, 0) is 72.7 Å². The highest BCUT2D eigenvalue weighted by molar-refractivity contribution is 5.85. The number of hydrogen-bond donors (Lipinski definition) is 0. The minimum absolute atomic E-state index is 0.0294. The van der Waals surface area contributed by atoms with Gasteiger partial charge in [-0.1, -0.05) is 68.7 Å². The van der Waals surface area contributed by atoms with Gasteiger partial charge in [0.2, 0.25) is 0 Å². The lowest BCUT2D eigenvalue weighted by molar-refractivity contribution is 0.303. The van der Waals surface area contributed by atoms with Crippen LogP contribution in [-0.4, -0.2) is 0 Å². The van der Waals surface area contributed by atoms with Crippen LogP contribution in [-0.2, 0) is 0 Å². The minimum atomic E-state index is -0.620. The molecule has 1 aliphatic rings. The normalized spacial score (nSPS) is 17.9. The molecule has 0 heterocycles. The van der Waals surface area contributed by atoms with Crippen molar-refractivity contribution in [1.29, 1.82) is 5.26 Å². The highest BCUT2D eigenvalue weighted by Crippen LogP contribution is 2.38. The van der Waals surface area contributed by atoms with E-state index in [4.69, 9.17) is 5.26 Å². The molecule has 168 valence electrons. The summed E-state index contributed by atoms with van der Waals surface area (Å²) in [5.41, 5.74) is 1.97. The third-order valence-corrected chi connectivity index (χ3v) is 6.94. The number of unbranched alkanes of at least 4 members (excludes halogenated alkanes) is 2. The van der Waals surface area contributed by atoms with Crippen LogP contribution in [0.3, 0.4) is 0 Å². The van der Waals surface area contributed by atoms with Crippen LogP contribution >= 0.6 is 0 Å². The molecule has 4 rings (SSSR count). The summed E-state index contributed by atoms with van der Waals surface area (Å²) in [5, 5.41) is 10.3. The average molecular weight is 442 g/mol.